The van der Waals surface area contributed by atoms with E-state index >= 15 is 0 Å². The first kappa shape index (κ1) is 20.3. The highest BCUT2D eigenvalue weighted by Crippen LogP contribution is 2.34. The van der Waals surface area contributed by atoms with Crippen LogP contribution in [-0.4, -0.2) is 34.4 Å². The quantitative estimate of drug-likeness (QED) is 0.492. The first-order valence-electron chi connectivity index (χ1n) is 9.92. The van der Waals surface area contributed by atoms with Crippen LogP contribution in [0.3, 0.4) is 0 Å². The van der Waals surface area contributed by atoms with Gasteiger partial charge in [-0.15, -0.1) is 0 Å². The Bertz CT molecular complexity index is 1470. The maximum atomic E-state index is 14.1. The number of halogens is 3. The van der Waals surface area contributed by atoms with Gasteiger partial charge in [0, 0.05) is 29.2 Å². The molecule has 2 N–H and O–H groups in total. The lowest BCUT2D eigenvalue weighted by molar-refractivity contribution is 0.0333. The predicted molar refractivity (Wildman–Crippen MR) is 112 cm³/mol. The molecule has 1 aliphatic rings. The van der Waals surface area contributed by atoms with Crippen molar-refractivity contribution in [1.82, 2.24) is 14.9 Å². The Labute approximate surface area is 179 Å². The third-order valence-electron chi connectivity index (χ3n) is 6.07. The number of carbonyl (C=O) groups is 1. The minimum absolute atomic E-state index is 0.00730. The summed E-state index contributed by atoms with van der Waals surface area (Å²) in [6, 6.07) is 5.63. The van der Waals surface area contributed by atoms with E-state index in [1.54, 1.807) is 26.1 Å². The number of fused-ring (bicyclic) bond motifs is 4. The zero-order chi connectivity index (χ0) is 22.7. The van der Waals surface area contributed by atoms with Crippen LogP contribution in [0.2, 0.25) is 0 Å². The van der Waals surface area contributed by atoms with E-state index in [2.05, 4.69) is 9.97 Å². The van der Waals surface area contributed by atoms with E-state index in [9.17, 15) is 22.8 Å². The molecule has 2 aromatic carbocycles. The number of amides is 1. The Hall–Kier alpha value is -3.59. The average Bonchev–Trinajstić information content (AvgIpc) is 3.21. The van der Waals surface area contributed by atoms with Gasteiger partial charge in [0.15, 0.2) is 11.6 Å². The van der Waals surface area contributed by atoms with Gasteiger partial charge in [0.1, 0.15) is 11.5 Å². The van der Waals surface area contributed by atoms with Gasteiger partial charge < -0.3 is 19.6 Å². The number of pyridine rings is 1. The second-order valence-corrected chi connectivity index (χ2v) is 7.92. The van der Waals surface area contributed by atoms with Gasteiger partial charge in [-0.1, -0.05) is 0 Å². The highest BCUT2D eigenvalue weighted by molar-refractivity contribution is 5.99. The summed E-state index contributed by atoms with van der Waals surface area (Å²) in [5.41, 5.74) is 1.62. The molecule has 3 heterocycles. The monoisotopic (exact) mass is 441 g/mol. The molecule has 164 valence electrons. The number of ether oxygens (including phenoxy) is 1. The molecule has 0 bridgehead atoms. The van der Waals surface area contributed by atoms with Crippen LogP contribution >= 0.6 is 0 Å². The molecule has 0 radical (unpaired) electrons. The Balaban J connectivity index is 1.62. The van der Waals surface area contributed by atoms with Crippen molar-refractivity contribution in [3.8, 4) is 0 Å². The van der Waals surface area contributed by atoms with Crippen molar-refractivity contribution in [2.75, 3.05) is 13.7 Å². The maximum absolute atomic E-state index is 14.1. The van der Waals surface area contributed by atoms with Gasteiger partial charge in [-0.25, -0.2) is 13.2 Å². The van der Waals surface area contributed by atoms with E-state index in [0.717, 1.165) is 12.1 Å². The molecule has 1 aliphatic heterocycles. The van der Waals surface area contributed by atoms with E-state index in [0.29, 0.717) is 27.7 Å². The van der Waals surface area contributed by atoms with Crippen LogP contribution in [0.25, 0.3) is 21.7 Å². The molecule has 5 rings (SSSR count). The van der Waals surface area contributed by atoms with Gasteiger partial charge in [0.05, 0.1) is 24.6 Å². The molecule has 0 saturated heterocycles. The Kier molecular flexibility index (Phi) is 4.59. The van der Waals surface area contributed by atoms with E-state index < -0.39 is 29.1 Å². The second-order valence-electron chi connectivity index (χ2n) is 7.92. The summed E-state index contributed by atoms with van der Waals surface area (Å²) < 4.78 is 47.3. The summed E-state index contributed by atoms with van der Waals surface area (Å²) in [5, 5.41) is 0.812. The number of benzene rings is 2. The molecule has 9 heteroatoms. The Morgan fingerprint density at radius 3 is 2.50 bits per heavy atom. The highest BCUT2D eigenvalue weighted by Gasteiger charge is 2.32. The number of nitrogens with zero attached hydrogens (tertiary/aromatic N) is 1. The average molecular weight is 441 g/mol. The molecule has 2 aromatic heterocycles. The van der Waals surface area contributed by atoms with Crippen molar-refractivity contribution in [1.29, 1.82) is 0 Å². The van der Waals surface area contributed by atoms with Gasteiger partial charge in [-0.3, -0.25) is 9.59 Å². The van der Waals surface area contributed by atoms with Crippen LogP contribution in [-0.2, 0) is 11.3 Å². The predicted octanol–water partition coefficient (Wildman–Crippen LogP) is 4.08. The van der Waals surface area contributed by atoms with E-state index in [-0.39, 0.29) is 35.5 Å². The van der Waals surface area contributed by atoms with Crippen molar-refractivity contribution in [2.24, 2.45) is 0 Å². The van der Waals surface area contributed by atoms with Gasteiger partial charge >= 0.3 is 0 Å². The zero-order valence-electron chi connectivity index (χ0n) is 17.2. The van der Waals surface area contributed by atoms with Crippen molar-refractivity contribution in [3.05, 3.63) is 80.7 Å². The molecule has 4 aromatic rings. The second kappa shape index (κ2) is 7.23. The number of aromatic amines is 2. The van der Waals surface area contributed by atoms with Crippen LogP contribution in [0.4, 0.5) is 13.2 Å². The molecule has 1 amide bonds. The van der Waals surface area contributed by atoms with E-state index in [1.165, 1.54) is 11.0 Å². The summed E-state index contributed by atoms with van der Waals surface area (Å²) in [6.45, 7) is 1.80. The molecule has 0 fully saturated rings. The lowest BCUT2D eigenvalue weighted by atomic mass is 9.95. The topological polar surface area (TPSA) is 78.2 Å². The van der Waals surface area contributed by atoms with Gasteiger partial charge in [-0.2, -0.15) is 0 Å². The van der Waals surface area contributed by atoms with Gasteiger partial charge in [-0.05, 0) is 48.2 Å². The van der Waals surface area contributed by atoms with Crippen molar-refractivity contribution in [3.63, 3.8) is 0 Å². The van der Waals surface area contributed by atoms with E-state index in [4.69, 9.17) is 4.74 Å². The summed E-state index contributed by atoms with van der Waals surface area (Å²) in [7, 11) is 1.56. The van der Waals surface area contributed by atoms with Crippen LogP contribution in [0.5, 0.6) is 0 Å². The van der Waals surface area contributed by atoms with Gasteiger partial charge in [0.25, 0.3) is 11.5 Å². The Morgan fingerprint density at radius 2 is 1.75 bits per heavy atom. The summed E-state index contributed by atoms with van der Waals surface area (Å²) in [4.78, 5) is 32.7. The lowest BCUT2D eigenvalue weighted by Gasteiger charge is -2.33. The molecular weight excluding hydrogens is 423 g/mol. The van der Waals surface area contributed by atoms with Crippen LogP contribution in [0.15, 0.2) is 35.1 Å². The minimum Gasteiger partial charge on any atom is -0.373 e. The SMILES string of the molecule is Cc1c(F)ccc2[nH]c(C(=O)N(C)[C@@H]3COCc4[nH]c(=O)c5cc(F)c(F)cc5c43)cc12. The van der Waals surface area contributed by atoms with Crippen molar-refractivity contribution < 1.29 is 22.7 Å². The third-order valence-corrected chi connectivity index (χ3v) is 6.07. The molecule has 0 unspecified atom stereocenters. The summed E-state index contributed by atoms with van der Waals surface area (Å²) in [5.74, 6) is -2.98. The fourth-order valence-electron chi connectivity index (χ4n) is 4.32. The standard InChI is InChI=1S/C23H18F3N3O3/c1-10-11-7-18(27-17(11)4-3-14(10)24)23(31)29(2)20-9-32-8-19-21(20)12-5-15(25)16(26)6-13(12)22(30)28-19/h3-7,20,27H,8-9H2,1-2H3,(H,28,30)/t20-/m1/s1. The number of hydrogen-bond acceptors (Lipinski definition) is 3. The summed E-state index contributed by atoms with van der Waals surface area (Å²) in [6.07, 6.45) is 0. The van der Waals surface area contributed by atoms with Crippen LogP contribution in [0, 0.1) is 24.4 Å². The smallest absolute Gasteiger partial charge is 0.270 e. The molecule has 32 heavy (non-hydrogen) atoms. The fraction of sp³-hybridized carbons (Fsp3) is 0.217. The van der Waals surface area contributed by atoms with E-state index in [1.807, 2.05) is 0 Å². The maximum Gasteiger partial charge on any atom is 0.270 e. The first-order chi connectivity index (χ1) is 15.3. The Morgan fingerprint density at radius 1 is 1.03 bits per heavy atom. The molecule has 0 aliphatic carbocycles. The van der Waals surface area contributed by atoms with Crippen molar-refractivity contribution in [2.45, 2.75) is 19.6 Å². The third kappa shape index (κ3) is 3.00. The first-order valence-corrected chi connectivity index (χ1v) is 9.92. The van der Waals surface area contributed by atoms with Crippen molar-refractivity contribution >= 4 is 27.6 Å². The molecule has 6 nitrogen and oxygen atoms in total. The van der Waals surface area contributed by atoms with Gasteiger partial charge in [0.2, 0.25) is 0 Å². The number of aromatic nitrogens is 2. The number of nitrogens with one attached hydrogen (secondary N) is 2. The number of carbonyl (C=O) groups excluding carboxylic acids is 1. The number of aryl methyl sites for hydroxylation is 1. The largest absolute Gasteiger partial charge is 0.373 e. The number of H-pyrrole nitrogens is 2. The number of likely N-dealkylation sites (N-methyl/N-ethyl adjacent to an activating group) is 1. The minimum atomic E-state index is -1.13. The molecular formula is C23H18F3N3O3. The lowest BCUT2D eigenvalue weighted by Crippen LogP contribution is -2.37. The highest BCUT2D eigenvalue weighted by atomic mass is 19.2. The summed E-state index contributed by atoms with van der Waals surface area (Å²) >= 11 is 0. The molecule has 0 saturated carbocycles. The molecule has 1 atom stereocenters. The zero-order valence-corrected chi connectivity index (χ0v) is 17.2. The fourth-order valence-corrected chi connectivity index (χ4v) is 4.32. The van der Waals surface area contributed by atoms with Crippen LogP contribution < -0.4 is 5.56 Å². The molecule has 0 spiro atoms. The number of rotatable bonds is 2. The van der Waals surface area contributed by atoms with Crippen LogP contribution in [0.1, 0.15) is 33.4 Å². The normalized spacial score (nSPS) is 15.8. The number of hydrogen-bond donors (Lipinski definition) is 2.